The molecular formula is C29H48O4. The lowest BCUT2D eigenvalue weighted by Crippen LogP contribution is -2.26. The van der Waals surface area contributed by atoms with Crippen LogP contribution < -0.4 is 0 Å². The maximum Gasteiger partial charge on any atom is 0.339 e. The molecule has 33 heavy (non-hydrogen) atoms. The maximum atomic E-state index is 12.8. The maximum absolute atomic E-state index is 12.8. The van der Waals surface area contributed by atoms with Gasteiger partial charge in [0.2, 0.25) is 0 Å². The molecule has 0 amide bonds. The molecule has 4 nitrogen and oxygen atoms in total. The summed E-state index contributed by atoms with van der Waals surface area (Å²) in [6.45, 7) is 8.91. The molecule has 0 saturated heterocycles. The summed E-state index contributed by atoms with van der Waals surface area (Å²) in [6.07, 6.45) is 16.5. The van der Waals surface area contributed by atoms with Crippen LogP contribution in [0.2, 0.25) is 0 Å². The summed E-state index contributed by atoms with van der Waals surface area (Å²) in [5.41, 5.74) is 0.590. The quantitative estimate of drug-likeness (QED) is 0.153. The average molecular weight is 461 g/mol. The van der Waals surface area contributed by atoms with E-state index in [1.165, 1.54) is 57.8 Å². The molecule has 0 aliphatic carbocycles. The second-order valence-corrected chi connectivity index (χ2v) is 9.34. The third-order valence-electron chi connectivity index (χ3n) is 6.39. The molecule has 0 bridgehead atoms. The number of carbonyl (C=O) groups excluding carboxylic acids is 2. The Morgan fingerprint density at radius 2 is 1.24 bits per heavy atom. The molecule has 0 aliphatic rings. The molecule has 0 aliphatic heterocycles. The topological polar surface area (TPSA) is 52.6 Å². The van der Waals surface area contributed by atoms with Crippen molar-refractivity contribution < 1.29 is 19.1 Å². The van der Waals surface area contributed by atoms with Gasteiger partial charge in [-0.2, -0.15) is 0 Å². The average Bonchev–Trinajstić information content (AvgIpc) is 2.83. The van der Waals surface area contributed by atoms with Gasteiger partial charge in [-0.1, -0.05) is 110 Å². The number of esters is 2. The van der Waals surface area contributed by atoms with E-state index < -0.39 is 11.9 Å². The minimum absolute atomic E-state index is 0.141. The molecule has 1 aromatic rings. The molecule has 0 heterocycles. The molecule has 0 N–H and O–H groups in total. The lowest BCUT2D eigenvalue weighted by molar-refractivity contribution is 0.0132. The van der Waals surface area contributed by atoms with Crippen molar-refractivity contribution in [2.75, 3.05) is 6.61 Å². The highest BCUT2D eigenvalue weighted by Crippen LogP contribution is 2.20. The fourth-order valence-corrected chi connectivity index (χ4v) is 4.29. The molecule has 0 aromatic heterocycles. The smallest absolute Gasteiger partial charge is 0.339 e. The van der Waals surface area contributed by atoms with E-state index in [1.807, 2.05) is 6.92 Å². The summed E-state index contributed by atoms with van der Waals surface area (Å²) in [6, 6.07) is 6.81. The van der Waals surface area contributed by atoms with Crippen LogP contribution in [0.15, 0.2) is 24.3 Å². The molecule has 2 unspecified atom stereocenters. The van der Waals surface area contributed by atoms with E-state index in [-0.39, 0.29) is 6.10 Å². The zero-order valence-electron chi connectivity index (χ0n) is 21.7. The first-order valence-electron chi connectivity index (χ1n) is 13.5. The fraction of sp³-hybridized carbons (Fsp3) is 0.724. The Kier molecular flexibility index (Phi) is 16.4. The number of hydrogen-bond acceptors (Lipinski definition) is 4. The van der Waals surface area contributed by atoms with Gasteiger partial charge in [-0.3, -0.25) is 0 Å². The number of unbranched alkanes of at least 4 members (excludes halogenated alkanes) is 10. The van der Waals surface area contributed by atoms with Crippen LogP contribution in [0, 0.1) is 5.92 Å². The summed E-state index contributed by atoms with van der Waals surface area (Å²) >= 11 is 0. The molecule has 0 spiro atoms. The van der Waals surface area contributed by atoms with Crippen LogP contribution in [0.3, 0.4) is 0 Å². The molecule has 2 atom stereocenters. The molecular weight excluding hydrogens is 412 g/mol. The van der Waals surface area contributed by atoms with Crippen molar-refractivity contribution in [3.63, 3.8) is 0 Å². The predicted octanol–water partition coefficient (Wildman–Crippen LogP) is 8.53. The van der Waals surface area contributed by atoms with Crippen LogP contribution >= 0.6 is 0 Å². The van der Waals surface area contributed by atoms with Crippen LogP contribution in [0.1, 0.15) is 138 Å². The molecule has 188 valence electrons. The number of hydrogen-bond donors (Lipinski definition) is 0. The van der Waals surface area contributed by atoms with Crippen LogP contribution in [0.25, 0.3) is 0 Å². The van der Waals surface area contributed by atoms with Crippen LogP contribution in [0.5, 0.6) is 0 Å². The third kappa shape index (κ3) is 12.3. The van der Waals surface area contributed by atoms with E-state index in [0.29, 0.717) is 23.7 Å². The van der Waals surface area contributed by atoms with Crippen molar-refractivity contribution in [3.8, 4) is 0 Å². The van der Waals surface area contributed by atoms with E-state index in [0.717, 1.165) is 32.1 Å². The summed E-state index contributed by atoms with van der Waals surface area (Å²) < 4.78 is 11.2. The van der Waals surface area contributed by atoms with E-state index >= 15 is 0 Å². The second-order valence-electron chi connectivity index (χ2n) is 9.34. The Morgan fingerprint density at radius 1 is 0.727 bits per heavy atom. The van der Waals surface area contributed by atoms with Gasteiger partial charge in [0.25, 0.3) is 0 Å². The minimum atomic E-state index is -0.440. The van der Waals surface area contributed by atoms with Gasteiger partial charge in [-0.15, -0.1) is 0 Å². The number of carbonyl (C=O) groups is 2. The van der Waals surface area contributed by atoms with Crippen molar-refractivity contribution >= 4 is 11.9 Å². The van der Waals surface area contributed by atoms with Gasteiger partial charge in [-0.25, -0.2) is 9.59 Å². The van der Waals surface area contributed by atoms with Gasteiger partial charge in [0, 0.05) is 0 Å². The summed E-state index contributed by atoms with van der Waals surface area (Å²) in [5.74, 6) is -0.583. The molecule has 0 radical (unpaired) electrons. The van der Waals surface area contributed by atoms with Gasteiger partial charge in [0.05, 0.1) is 17.7 Å². The number of rotatable bonds is 19. The Hall–Kier alpha value is -1.84. The highest BCUT2D eigenvalue weighted by atomic mass is 16.5. The molecule has 1 aromatic carbocycles. The zero-order valence-corrected chi connectivity index (χ0v) is 21.7. The highest BCUT2D eigenvalue weighted by molar-refractivity contribution is 6.03. The van der Waals surface area contributed by atoms with E-state index in [2.05, 4.69) is 20.8 Å². The number of benzene rings is 1. The monoisotopic (exact) mass is 460 g/mol. The first-order valence-corrected chi connectivity index (χ1v) is 13.5. The lowest BCUT2D eigenvalue weighted by atomic mass is 9.97. The van der Waals surface area contributed by atoms with Gasteiger partial charge in [0.1, 0.15) is 6.10 Å². The predicted molar refractivity (Wildman–Crippen MR) is 137 cm³/mol. The van der Waals surface area contributed by atoms with Crippen molar-refractivity contribution in [1.29, 1.82) is 0 Å². The molecule has 0 saturated carbocycles. The summed E-state index contributed by atoms with van der Waals surface area (Å²) in [7, 11) is 0. The SMILES string of the molecule is CCCCCCCCCCCCCOC(=O)c1ccccc1C(=O)OC(CC)C(C)CCC. The first kappa shape index (κ1) is 29.2. The lowest BCUT2D eigenvalue weighted by Gasteiger charge is -2.23. The fourth-order valence-electron chi connectivity index (χ4n) is 4.29. The first-order chi connectivity index (χ1) is 16.0. The largest absolute Gasteiger partial charge is 0.462 e. The van der Waals surface area contributed by atoms with Crippen LogP contribution in [-0.2, 0) is 9.47 Å². The van der Waals surface area contributed by atoms with Crippen molar-refractivity contribution in [1.82, 2.24) is 0 Å². The van der Waals surface area contributed by atoms with E-state index in [1.54, 1.807) is 24.3 Å². The Morgan fingerprint density at radius 3 is 1.76 bits per heavy atom. The molecule has 0 fully saturated rings. The Bertz CT molecular complexity index is 655. The molecule has 1 rings (SSSR count). The summed E-state index contributed by atoms with van der Waals surface area (Å²) in [5, 5.41) is 0. The van der Waals surface area contributed by atoms with Crippen LogP contribution in [0.4, 0.5) is 0 Å². The summed E-state index contributed by atoms with van der Waals surface area (Å²) in [4.78, 5) is 25.4. The third-order valence-corrected chi connectivity index (χ3v) is 6.39. The van der Waals surface area contributed by atoms with Gasteiger partial charge in [-0.05, 0) is 37.3 Å². The Labute approximate surface area is 202 Å². The number of ether oxygens (including phenoxy) is 2. The normalized spacial score (nSPS) is 12.8. The Balaban J connectivity index is 2.36. The second kappa shape index (κ2) is 18.6. The van der Waals surface area contributed by atoms with Gasteiger partial charge >= 0.3 is 11.9 Å². The highest BCUT2D eigenvalue weighted by Gasteiger charge is 2.24. The van der Waals surface area contributed by atoms with Crippen LogP contribution in [-0.4, -0.2) is 24.6 Å². The van der Waals surface area contributed by atoms with Crippen molar-refractivity contribution in [2.45, 2.75) is 124 Å². The van der Waals surface area contributed by atoms with Gasteiger partial charge in [0.15, 0.2) is 0 Å². The van der Waals surface area contributed by atoms with Gasteiger partial charge < -0.3 is 9.47 Å². The van der Waals surface area contributed by atoms with Crippen molar-refractivity contribution in [3.05, 3.63) is 35.4 Å². The van der Waals surface area contributed by atoms with E-state index in [4.69, 9.17) is 9.47 Å². The standard InChI is InChI=1S/C29H48O4/c1-5-8-9-10-11-12-13-14-15-16-19-23-32-28(30)25-21-17-18-22-26(25)29(31)33-27(7-3)24(4)20-6-2/h17-18,21-22,24,27H,5-16,19-20,23H2,1-4H3. The zero-order chi connectivity index (χ0) is 24.3. The molecule has 4 heteroatoms. The van der Waals surface area contributed by atoms with Crippen molar-refractivity contribution in [2.24, 2.45) is 5.92 Å². The minimum Gasteiger partial charge on any atom is -0.462 e. The van der Waals surface area contributed by atoms with E-state index in [9.17, 15) is 9.59 Å².